The van der Waals surface area contributed by atoms with E-state index in [4.69, 9.17) is 4.74 Å². The lowest BCUT2D eigenvalue weighted by Gasteiger charge is -2.36. The van der Waals surface area contributed by atoms with E-state index in [0.717, 1.165) is 37.2 Å². The second-order valence-electron chi connectivity index (χ2n) is 5.25. The average molecular weight is 259 g/mol. The molecule has 0 spiro atoms. The monoisotopic (exact) mass is 259 g/mol. The number of carbonyl (C=O) groups excluding carboxylic acids is 1. The van der Waals surface area contributed by atoms with Gasteiger partial charge in [0.25, 0.3) is 0 Å². The molecule has 0 saturated carbocycles. The van der Waals surface area contributed by atoms with Crippen molar-refractivity contribution in [2.75, 3.05) is 46.8 Å². The molecule has 1 atom stereocenters. The van der Waals surface area contributed by atoms with Crippen LogP contribution in [0.4, 0.5) is 0 Å². The Bertz CT molecular complexity index is 240. The van der Waals surface area contributed by atoms with Crippen molar-refractivity contribution in [3.8, 4) is 0 Å². The fraction of sp³-hybridized carbons (Fsp3) is 0.929. The number of esters is 1. The van der Waals surface area contributed by atoms with Gasteiger partial charge in [-0.25, -0.2) is 0 Å². The van der Waals surface area contributed by atoms with E-state index in [2.05, 4.69) is 39.8 Å². The first-order chi connectivity index (χ1) is 8.40. The van der Waals surface area contributed by atoms with Crippen LogP contribution in [0.5, 0.6) is 0 Å². The van der Waals surface area contributed by atoms with E-state index in [-0.39, 0.29) is 12.1 Å². The van der Waals surface area contributed by atoms with Gasteiger partial charge in [0.1, 0.15) is 6.54 Å². The molecular formula is C14H31N2O2+. The Kier molecular flexibility index (Phi) is 8.20. The number of quaternary nitrogens is 1. The highest BCUT2D eigenvalue weighted by Gasteiger charge is 2.26. The summed E-state index contributed by atoms with van der Waals surface area (Å²) in [5.41, 5.74) is 0. The molecule has 0 aromatic rings. The Hall–Kier alpha value is -0.610. The molecule has 0 aromatic carbocycles. The van der Waals surface area contributed by atoms with Gasteiger partial charge in [-0.2, -0.15) is 0 Å². The van der Waals surface area contributed by atoms with Crippen molar-refractivity contribution >= 4 is 5.97 Å². The number of likely N-dealkylation sites (N-methyl/N-ethyl adjacent to an activating group) is 2. The van der Waals surface area contributed by atoms with Crippen LogP contribution in [0.3, 0.4) is 0 Å². The lowest BCUT2D eigenvalue weighted by Crippen LogP contribution is -2.52. The predicted octanol–water partition coefficient (Wildman–Crippen LogP) is 1.75. The zero-order valence-electron chi connectivity index (χ0n) is 13.0. The molecular weight excluding hydrogens is 228 g/mol. The van der Waals surface area contributed by atoms with Crippen LogP contribution in [0.25, 0.3) is 0 Å². The van der Waals surface area contributed by atoms with Gasteiger partial charge in [-0.15, -0.1) is 0 Å². The van der Waals surface area contributed by atoms with Gasteiger partial charge in [0.15, 0.2) is 6.10 Å². The normalized spacial score (nSPS) is 13.7. The number of carbonyl (C=O) groups is 1. The van der Waals surface area contributed by atoms with Crippen molar-refractivity contribution in [2.45, 2.75) is 40.2 Å². The SMILES string of the molecule is CCC(=O)OC(CN(C)CC)C[N+](C)(CC)CC. The average Bonchev–Trinajstić information content (AvgIpc) is 2.37. The minimum atomic E-state index is -0.0942. The summed E-state index contributed by atoms with van der Waals surface area (Å²) in [6.07, 6.45) is 0.446. The van der Waals surface area contributed by atoms with E-state index in [9.17, 15) is 4.79 Å². The molecule has 0 saturated heterocycles. The highest BCUT2D eigenvalue weighted by molar-refractivity contribution is 5.69. The largest absolute Gasteiger partial charge is 0.455 e. The Labute approximate surface area is 112 Å². The van der Waals surface area contributed by atoms with Crippen LogP contribution in [0, 0.1) is 0 Å². The van der Waals surface area contributed by atoms with E-state index in [0.29, 0.717) is 6.42 Å². The molecule has 0 aliphatic heterocycles. The van der Waals surface area contributed by atoms with Crippen molar-refractivity contribution in [1.82, 2.24) is 4.90 Å². The van der Waals surface area contributed by atoms with Crippen molar-refractivity contribution in [3.05, 3.63) is 0 Å². The standard InChI is InChI=1S/C14H31N2O2/c1-7-14(17)18-13(11-15(5)8-2)12-16(6,9-3)10-4/h13H,7-12H2,1-6H3/q+1. The predicted molar refractivity (Wildman–Crippen MR) is 75.5 cm³/mol. The number of ether oxygens (including phenoxy) is 1. The zero-order valence-corrected chi connectivity index (χ0v) is 13.0. The number of hydrogen-bond donors (Lipinski definition) is 0. The van der Waals surface area contributed by atoms with Gasteiger partial charge < -0.3 is 14.1 Å². The van der Waals surface area contributed by atoms with Crippen molar-refractivity contribution in [2.24, 2.45) is 0 Å². The maximum atomic E-state index is 11.5. The topological polar surface area (TPSA) is 29.5 Å². The molecule has 4 nitrogen and oxygen atoms in total. The van der Waals surface area contributed by atoms with Gasteiger partial charge in [0, 0.05) is 13.0 Å². The van der Waals surface area contributed by atoms with Gasteiger partial charge in [0.05, 0.1) is 20.1 Å². The smallest absolute Gasteiger partial charge is 0.306 e. The minimum absolute atomic E-state index is 0.00713. The van der Waals surface area contributed by atoms with E-state index in [1.807, 2.05) is 6.92 Å². The molecule has 0 fully saturated rings. The summed E-state index contributed by atoms with van der Waals surface area (Å²) in [7, 11) is 4.29. The molecule has 0 radical (unpaired) electrons. The summed E-state index contributed by atoms with van der Waals surface area (Å²) < 4.78 is 6.52. The molecule has 0 aliphatic rings. The number of nitrogens with zero attached hydrogens (tertiary/aromatic N) is 2. The second kappa shape index (κ2) is 8.48. The van der Waals surface area contributed by atoms with Crippen molar-refractivity contribution < 1.29 is 14.0 Å². The summed E-state index contributed by atoms with van der Waals surface area (Å²) in [5.74, 6) is -0.0942. The molecule has 0 heterocycles. The highest BCUT2D eigenvalue weighted by Crippen LogP contribution is 2.08. The quantitative estimate of drug-likeness (QED) is 0.467. The van der Waals surface area contributed by atoms with E-state index >= 15 is 0 Å². The molecule has 0 amide bonds. The number of hydrogen-bond acceptors (Lipinski definition) is 3. The van der Waals surface area contributed by atoms with Crippen LogP contribution >= 0.6 is 0 Å². The highest BCUT2D eigenvalue weighted by atomic mass is 16.5. The fourth-order valence-electron chi connectivity index (χ4n) is 1.85. The van der Waals surface area contributed by atoms with Crippen LogP contribution in [0.15, 0.2) is 0 Å². The Morgan fingerprint density at radius 3 is 2.17 bits per heavy atom. The van der Waals surface area contributed by atoms with Crippen LogP contribution in [0.1, 0.15) is 34.1 Å². The van der Waals surface area contributed by atoms with Gasteiger partial charge >= 0.3 is 5.97 Å². The maximum Gasteiger partial charge on any atom is 0.306 e. The van der Waals surface area contributed by atoms with E-state index < -0.39 is 0 Å². The number of rotatable bonds is 9. The van der Waals surface area contributed by atoms with Crippen LogP contribution in [-0.2, 0) is 9.53 Å². The van der Waals surface area contributed by atoms with Gasteiger partial charge in [0.2, 0.25) is 0 Å². The first-order valence-electron chi connectivity index (χ1n) is 7.12. The third-order valence-corrected chi connectivity index (χ3v) is 3.81. The van der Waals surface area contributed by atoms with Crippen molar-refractivity contribution in [3.63, 3.8) is 0 Å². The van der Waals surface area contributed by atoms with E-state index in [1.54, 1.807) is 0 Å². The summed E-state index contributed by atoms with van der Waals surface area (Å²) in [5, 5.41) is 0. The Morgan fingerprint density at radius 2 is 1.78 bits per heavy atom. The molecule has 1 unspecified atom stereocenters. The maximum absolute atomic E-state index is 11.5. The third kappa shape index (κ3) is 6.36. The first kappa shape index (κ1) is 17.4. The van der Waals surface area contributed by atoms with Crippen LogP contribution in [0.2, 0.25) is 0 Å². The third-order valence-electron chi connectivity index (χ3n) is 3.81. The first-order valence-corrected chi connectivity index (χ1v) is 7.12. The van der Waals surface area contributed by atoms with Gasteiger partial charge in [-0.3, -0.25) is 4.79 Å². The summed E-state index contributed by atoms with van der Waals surface area (Å²) in [6.45, 7) is 13.1. The van der Waals surface area contributed by atoms with Crippen LogP contribution < -0.4 is 0 Å². The Balaban J connectivity index is 4.59. The molecule has 0 bridgehead atoms. The lowest BCUT2D eigenvalue weighted by atomic mass is 10.2. The summed E-state index contributed by atoms with van der Waals surface area (Å²) in [6, 6.07) is 0. The van der Waals surface area contributed by atoms with E-state index in [1.165, 1.54) is 0 Å². The fourth-order valence-corrected chi connectivity index (χ4v) is 1.85. The lowest BCUT2D eigenvalue weighted by molar-refractivity contribution is -0.908. The molecule has 0 N–H and O–H groups in total. The van der Waals surface area contributed by atoms with Crippen molar-refractivity contribution in [1.29, 1.82) is 0 Å². The van der Waals surface area contributed by atoms with Gasteiger partial charge in [-0.05, 0) is 27.4 Å². The summed E-state index contributed by atoms with van der Waals surface area (Å²) in [4.78, 5) is 13.7. The van der Waals surface area contributed by atoms with Gasteiger partial charge in [-0.1, -0.05) is 13.8 Å². The molecule has 0 rings (SSSR count). The van der Waals surface area contributed by atoms with Crippen LogP contribution in [-0.4, -0.2) is 68.3 Å². The molecule has 0 aliphatic carbocycles. The Morgan fingerprint density at radius 1 is 1.22 bits per heavy atom. The zero-order chi connectivity index (χ0) is 14.2. The second-order valence-corrected chi connectivity index (χ2v) is 5.25. The minimum Gasteiger partial charge on any atom is -0.455 e. The molecule has 18 heavy (non-hydrogen) atoms. The molecule has 108 valence electrons. The molecule has 0 aromatic heterocycles. The molecule has 4 heteroatoms. The summed E-state index contributed by atoms with van der Waals surface area (Å²) >= 11 is 0.